The molecule has 3 N–H and O–H groups in total. The lowest BCUT2D eigenvalue weighted by molar-refractivity contribution is -0.385. The van der Waals surface area contributed by atoms with Crippen LogP contribution in [0, 0.1) is 17.0 Å². The summed E-state index contributed by atoms with van der Waals surface area (Å²) < 4.78 is 31.8. The van der Waals surface area contributed by atoms with E-state index in [1.165, 1.54) is 36.4 Å². The van der Waals surface area contributed by atoms with Crippen LogP contribution in [0.3, 0.4) is 0 Å². The number of nitro groups is 1. The monoisotopic (exact) mass is 402 g/mol. The van der Waals surface area contributed by atoms with Gasteiger partial charge in [0.15, 0.2) is 0 Å². The van der Waals surface area contributed by atoms with E-state index in [9.17, 15) is 33.0 Å². The Kier molecular flexibility index (Phi) is 4.75. The maximum atomic E-state index is 12.5. The molecule has 0 spiro atoms. The molecule has 0 aromatic heterocycles. The summed E-state index contributed by atoms with van der Waals surface area (Å²) >= 11 is 0. The Balaban J connectivity index is 2.04. The molecule has 10 heteroatoms. The van der Waals surface area contributed by atoms with Gasteiger partial charge in [-0.25, -0.2) is 0 Å². The summed E-state index contributed by atoms with van der Waals surface area (Å²) in [5, 5.41) is 24.2. The van der Waals surface area contributed by atoms with Crippen molar-refractivity contribution in [3.05, 3.63) is 69.8 Å². The summed E-state index contributed by atoms with van der Waals surface area (Å²) in [6.45, 7) is 1.56. The topological polar surface area (TPSA) is 147 Å². The van der Waals surface area contributed by atoms with E-state index >= 15 is 0 Å². The number of rotatable bonds is 4. The number of nitrogens with one attached hydrogen (secondary N) is 1. The quantitative estimate of drug-likeness (QED) is 0.345. The lowest BCUT2D eigenvalue weighted by Gasteiger charge is -2.11. The number of hydrogen-bond donors (Lipinski definition) is 3. The van der Waals surface area contributed by atoms with Crippen molar-refractivity contribution in [1.82, 2.24) is 0 Å². The number of anilines is 1. The standard InChI is InChI=1S/C18H14N2O7S/c1-10-5-6-11(9-15(10)20(23)24)18(22)19-14-4-2-3-13-12(14)7-8-16(17(13)21)28(25,26)27/h2-9,21H,1H3,(H,19,22)(H,25,26,27). The number of benzene rings is 3. The van der Waals surface area contributed by atoms with Crippen molar-refractivity contribution in [2.75, 3.05) is 5.32 Å². The van der Waals surface area contributed by atoms with E-state index in [4.69, 9.17) is 0 Å². The van der Waals surface area contributed by atoms with Crippen LogP contribution in [0.25, 0.3) is 10.8 Å². The fraction of sp³-hybridized carbons (Fsp3) is 0.0556. The van der Waals surface area contributed by atoms with Crippen LogP contribution in [0.5, 0.6) is 5.75 Å². The number of carbonyl (C=O) groups is 1. The Hall–Kier alpha value is -3.50. The van der Waals surface area contributed by atoms with Crippen LogP contribution in [0.4, 0.5) is 11.4 Å². The summed E-state index contributed by atoms with van der Waals surface area (Å²) in [7, 11) is -4.62. The zero-order valence-corrected chi connectivity index (χ0v) is 15.2. The molecule has 0 saturated heterocycles. The van der Waals surface area contributed by atoms with Crippen LogP contribution in [-0.2, 0) is 10.1 Å². The zero-order chi connectivity index (χ0) is 20.6. The van der Waals surface area contributed by atoms with Gasteiger partial charge in [0.1, 0.15) is 10.6 Å². The minimum Gasteiger partial charge on any atom is -0.506 e. The third-order valence-corrected chi connectivity index (χ3v) is 5.08. The van der Waals surface area contributed by atoms with Gasteiger partial charge in [0, 0.05) is 33.7 Å². The summed E-state index contributed by atoms with van der Waals surface area (Å²) in [6, 6.07) is 10.8. The molecule has 0 heterocycles. The summed E-state index contributed by atoms with van der Waals surface area (Å²) in [5.74, 6) is -1.27. The molecule has 9 nitrogen and oxygen atoms in total. The van der Waals surface area contributed by atoms with E-state index < -0.39 is 31.6 Å². The second-order valence-corrected chi connectivity index (χ2v) is 7.39. The number of nitro benzene ring substituents is 1. The largest absolute Gasteiger partial charge is 0.506 e. The molecule has 0 radical (unpaired) electrons. The Morgan fingerprint density at radius 1 is 1.11 bits per heavy atom. The highest BCUT2D eigenvalue weighted by atomic mass is 32.2. The van der Waals surface area contributed by atoms with Crippen molar-refractivity contribution >= 4 is 38.2 Å². The Bertz CT molecular complexity index is 1240. The van der Waals surface area contributed by atoms with Crippen molar-refractivity contribution in [1.29, 1.82) is 0 Å². The van der Waals surface area contributed by atoms with E-state index in [0.29, 0.717) is 10.9 Å². The van der Waals surface area contributed by atoms with E-state index in [0.717, 1.165) is 12.1 Å². The highest BCUT2D eigenvalue weighted by Gasteiger charge is 2.20. The van der Waals surface area contributed by atoms with Gasteiger partial charge in [-0.15, -0.1) is 0 Å². The SMILES string of the molecule is Cc1ccc(C(=O)Nc2cccc3c(O)c(S(=O)(=O)O)ccc23)cc1[N+](=O)[O-]. The van der Waals surface area contributed by atoms with Crippen molar-refractivity contribution in [3.8, 4) is 5.75 Å². The molecule has 0 aliphatic heterocycles. The maximum absolute atomic E-state index is 12.5. The predicted octanol–water partition coefficient (Wildman–Crippen LogP) is 3.26. The maximum Gasteiger partial charge on any atom is 0.298 e. The first-order valence-corrected chi connectivity index (χ1v) is 9.32. The van der Waals surface area contributed by atoms with Gasteiger partial charge in [0.25, 0.3) is 21.7 Å². The van der Waals surface area contributed by atoms with E-state index in [-0.39, 0.29) is 22.3 Å². The number of hydrogen-bond acceptors (Lipinski definition) is 6. The van der Waals surface area contributed by atoms with Gasteiger partial charge in [0.2, 0.25) is 0 Å². The lowest BCUT2D eigenvalue weighted by atomic mass is 10.1. The first-order valence-electron chi connectivity index (χ1n) is 7.88. The van der Waals surface area contributed by atoms with Gasteiger partial charge in [0.05, 0.1) is 4.92 Å². The molecular formula is C18H14N2O7S. The van der Waals surface area contributed by atoms with Gasteiger partial charge in [-0.1, -0.05) is 24.3 Å². The molecule has 144 valence electrons. The van der Waals surface area contributed by atoms with E-state index in [1.807, 2.05) is 0 Å². The van der Waals surface area contributed by atoms with E-state index in [1.54, 1.807) is 6.92 Å². The number of aryl methyl sites for hydroxylation is 1. The molecule has 0 aliphatic carbocycles. The molecule has 0 bridgehead atoms. The molecule has 3 rings (SSSR count). The molecule has 0 unspecified atom stereocenters. The summed E-state index contributed by atoms with van der Waals surface area (Å²) in [4.78, 5) is 22.3. The normalized spacial score (nSPS) is 11.4. The zero-order valence-electron chi connectivity index (χ0n) is 14.4. The third kappa shape index (κ3) is 3.50. The number of carbonyl (C=O) groups excluding carboxylic acids is 1. The second-order valence-electron chi connectivity index (χ2n) is 6.00. The minimum absolute atomic E-state index is 0.0630. The third-order valence-electron chi connectivity index (χ3n) is 4.19. The van der Waals surface area contributed by atoms with Gasteiger partial charge in [-0.05, 0) is 25.1 Å². The van der Waals surface area contributed by atoms with Crippen LogP contribution in [0.1, 0.15) is 15.9 Å². The Morgan fingerprint density at radius 3 is 2.46 bits per heavy atom. The molecule has 3 aromatic carbocycles. The van der Waals surface area contributed by atoms with Gasteiger partial charge < -0.3 is 10.4 Å². The number of aromatic hydroxyl groups is 1. The van der Waals surface area contributed by atoms with Gasteiger partial charge in [-0.3, -0.25) is 19.5 Å². The first-order chi connectivity index (χ1) is 13.1. The molecule has 0 atom stereocenters. The highest BCUT2D eigenvalue weighted by Crippen LogP contribution is 2.35. The van der Waals surface area contributed by atoms with Crippen molar-refractivity contribution in [2.45, 2.75) is 11.8 Å². The van der Waals surface area contributed by atoms with E-state index in [2.05, 4.69) is 5.32 Å². The van der Waals surface area contributed by atoms with Crippen molar-refractivity contribution < 1.29 is 27.8 Å². The molecule has 0 fully saturated rings. The average molecular weight is 402 g/mol. The number of phenolic OH excluding ortho intramolecular Hbond substituents is 1. The molecular weight excluding hydrogens is 388 g/mol. The Morgan fingerprint density at radius 2 is 1.82 bits per heavy atom. The second kappa shape index (κ2) is 6.91. The number of phenols is 1. The Labute approximate surface area is 159 Å². The number of fused-ring (bicyclic) bond motifs is 1. The van der Waals surface area contributed by atoms with Crippen LogP contribution in [-0.4, -0.2) is 28.9 Å². The lowest BCUT2D eigenvalue weighted by Crippen LogP contribution is -2.12. The van der Waals surface area contributed by atoms with Crippen molar-refractivity contribution in [2.24, 2.45) is 0 Å². The molecule has 0 aliphatic rings. The molecule has 1 amide bonds. The van der Waals surface area contributed by atoms with Crippen LogP contribution >= 0.6 is 0 Å². The van der Waals surface area contributed by atoms with Gasteiger partial charge >= 0.3 is 0 Å². The molecule has 0 saturated carbocycles. The molecule has 3 aromatic rings. The minimum atomic E-state index is -4.62. The highest BCUT2D eigenvalue weighted by molar-refractivity contribution is 7.86. The smallest absolute Gasteiger partial charge is 0.298 e. The number of amides is 1. The van der Waals surface area contributed by atoms with Crippen molar-refractivity contribution in [3.63, 3.8) is 0 Å². The van der Waals surface area contributed by atoms with Crippen LogP contribution < -0.4 is 5.32 Å². The first kappa shape index (κ1) is 19.3. The van der Waals surface area contributed by atoms with Crippen LogP contribution in [0.2, 0.25) is 0 Å². The fourth-order valence-corrected chi connectivity index (χ4v) is 3.38. The van der Waals surface area contributed by atoms with Gasteiger partial charge in [-0.2, -0.15) is 8.42 Å². The number of nitrogens with zero attached hydrogens (tertiary/aromatic N) is 1. The average Bonchev–Trinajstić information content (AvgIpc) is 2.61. The van der Waals surface area contributed by atoms with Crippen LogP contribution in [0.15, 0.2) is 53.4 Å². The summed E-state index contributed by atoms with van der Waals surface area (Å²) in [6.07, 6.45) is 0. The predicted molar refractivity (Wildman–Crippen MR) is 101 cm³/mol. The molecule has 28 heavy (non-hydrogen) atoms. The fourth-order valence-electron chi connectivity index (χ4n) is 2.78. The summed E-state index contributed by atoms with van der Waals surface area (Å²) in [5.41, 5.74) is 0.534.